The van der Waals surface area contributed by atoms with Crippen LogP contribution in [0.5, 0.6) is 5.75 Å². The molecule has 0 unspecified atom stereocenters. The summed E-state index contributed by atoms with van der Waals surface area (Å²) >= 11 is 0. The second-order valence-electron chi connectivity index (χ2n) is 8.55. The first-order chi connectivity index (χ1) is 11.5. The van der Waals surface area contributed by atoms with Crippen LogP contribution >= 0.6 is 0 Å². The largest absolute Gasteiger partial charge is 0.497 e. The molecule has 24 heavy (non-hydrogen) atoms. The molecular formula is C21H28O3. The second kappa shape index (κ2) is 5.50. The lowest BCUT2D eigenvalue weighted by Gasteiger charge is -2.52. The predicted molar refractivity (Wildman–Crippen MR) is 93.3 cm³/mol. The Labute approximate surface area is 144 Å². The summed E-state index contributed by atoms with van der Waals surface area (Å²) in [5.74, 6) is 2.63. The third kappa shape index (κ3) is 2.13. The van der Waals surface area contributed by atoms with Crippen LogP contribution in [0.1, 0.15) is 56.6 Å². The third-order valence-corrected chi connectivity index (χ3v) is 7.58. The van der Waals surface area contributed by atoms with Crippen molar-refractivity contribution in [2.24, 2.45) is 29.1 Å². The number of rotatable bonds is 2. The van der Waals surface area contributed by atoms with Crippen LogP contribution in [-0.4, -0.2) is 18.2 Å². The first-order valence-corrected chi connectivity index (χ1v) is 9.35. The van der Waals surface area contributed by atoms with Gasteiger partial charge in [0.15, 0.2) is 0 Å². The SMILES string of the molecule is COc1ccc2c(c1)C[C@@H](C)[C@@H]1[C@@H]2CC[C@@]2(C)[C@@H]1CC[C@H]2C(=O)O. The molecule has 0 radical (unpaired) electrons. The molecule has 1 aromatic carbocycles. The van der Waals surface area contributed by atoms with E-state index in [9.17, 15) is 9.90 Å². The van der Waals surface area contributed by atoms with Crippen LogP contribution in [0.2, 0.25) is 0 Å². The highest BCUT2D eigenvalue weighted by Crippen LogP contribution is 2.64. The van der Waals surface area contributed by atoms with Crippen LogP contribution in [0.3, 0.4) is 0 Å². The lowest BCUT2D eigenvalue weighted by atomic mass is 9.52. The number of benzene rings is 1. The molecule has 3 nitrogen and oxygen atoms in total. The van der Waals surface area contributed by atoms with E-state index in [1.807, 2.05) is 0 Å². The van der Waals surface area contributed by atoms with E-state index in [0.717, 1.165) is 37.9 Å². The molecule has 2 saturated carbocycles. The second-order valence-corrected chi connectivity index (χ2v) is 8.55. The minimum absolute atomic E-state index is 0.00870. The van der Waals surface area contributed by atoms with Gasteiger partial charge in [-0.2, -0.15) is 0 Å². The maximum absolute atomic E-state index is 11.8. The van der Waals surface area contributed by atoms with Crippen molar-refractivity contribution in [3.63, 3.8) is 0 Å². The molecule has 0 heterocycles. The van der Waals surface area contributed by atoms with E-state index < -0.39 is 5.97 Å². The van der Waals surface area contributed by atoms with Gasteiger partial charge in [-0.1, -0.05) is 19.9 Å². The molecule has 0 amide bonds. The topological polar surface area (TPSA) is 46.5 Å². The highest BCUT2D eigenvalue weighted by atomic mass is 16.5. The molecule has 130 valence electrons. The summed E-state index contributed by atoms with van der Waals surface area (Å²) in [5, 5.41) is 9.68. The molecule has 3 aliphatic rings. The lowest BCUT2D eigenvalue weighted by Crippen LogP contribution is -2.46. The first-order valence-electron chi connectivity index (χ1n) is 9.35. The molecule has 6 atom stereocenters. The molecule has 3 aliphatic carbocycles. The fourth-order valence-corrected chi connectivity index (χ4v) is 6.49. The molecule has 1 N–H and O–H groups in total. The summed E-state index contributed by atoms with van der Waals surface area (Å²) in [7, 11) is 1.73. The maximum Gasteiger partial charge on any atom is 0.307 e. The lowest BCUT2D eigenvalue weighted by molar-refractivity contribution is -0.147. The molecule has 0 bridgehead atoms. The Morgan fingerprint density at radius 1 is 1.29 bits per heavy atom. The van der Waals surface area contributed by atoms with Crippen LogP contribution < -0.4 is 4.74 Å². The number of carbonyl (C=O) groups is 1. The van der Waals surface area contributed by atoms with Gasteiger partial charge >= 0.3 is 5.97 Å². The van der Waals surface area contributed by atoms with E-state index in [1.165, 1.54) is 11.1 Å². The predicted octanol–water partition coefficient (Wildman–Crippen LogP) is 4.50. The van der Waals surface area contributed by atoms with E-state index in [0.29, 0.717) is 23.7 Å². The number of aliphatic carboxylic acids is 1. The van der Waals surface area contributed by atoms with Crippen molar-refractivity contribution < 1.29 is 14.6 Å². The fraction of sp³-hybridized carbons (Fsp3) is 0.667. The minimum atomic E-state index is -0.577. The fourth-order valence-electron chi connectivity index (χ4n) is 6.49. The van der Waals surface area contributed by atoms with Gasteiger partial charge in [-0.25, -0.2) is 0 Å². The molecule has 4 rings (SSSR count). The van der Waals surface area contributed by atoms with Crippen molar-refractivity contribution >= 4 is 5.97 Å². The number of hydrogen-bond donors (Lipinski definition) is 1. The number of fused-ring (bicyclic) bond motifs is 5. The summed E-state index contributed by atoms with van der Waals surface area (Å²) in [5.41, 5.74) is 2.94. The zero-order valence-electron chi connectivity index (χ0n) is 14.9. The van der Waals surface area contributed by atoms with Crippen molar-refractivity contribution in [3.05, 3.63) is 29.3 Å². The zero-order valence-corrected chi connectivity index (χ0v) is 14.9. The standard InChI is InChI=1S/C21H28O3/c1-12-10-13-11-14(24-3)4-5-15(13)16-8-9-21(2)17(19(12)16)6-7-18(21)20(22)23/h4-5,11-12,16-19H,6-10H2,1-3H3,(H,22,23)/t12-,16-,17-,18+,19-,21+/m1/s1. The highest BCUT2D eigenvalue weighted by Gasteiger charge is 2.58. The van der Waals surface area contributed by atoms with Gasteiger partial charge < -0.3 is 9.84 Å². The van der Waals surface area contributed by atoms with E-state index in [-0.39, 0.29) is 11.3 Å². The normalized spacial score (nSPS) is 40.4. The molecule has 2 fully saturated rings. The van der Waals surface area contributed by atoms with Crippen molar-refractivity contribution in [1.82, 2.24) is 0 Å². The van der Waals surface area contributed by atoms with Crippen LogP contribution in [-0.2, 0) is 11.2 Å². The van der Waals surface area contributed by atoms with Crippen LogP contribution in [0.15, 0.2) is 18.2 Å². The summed E-state index contributed by atoms with van der Waals surface area (Å²) in [6, 6.07) is 6.57. The number of carboxylic acids is 1. The molecule has 3 heteroatoms. The number of carboxylic acid groups (broad SMARTS) is 1. The van der Waals surface area contributed by atoms with Crippen molar-refractivity contribution in [2.75, 3.05) is 7.11 Å². The van der Waals surface area contributed by atoms with Gasteiger partial charge in [0.25, 0.3) is 0 Å². The summed E-state index contributed by atoms with van der Waals surface area (Å²) in [4.78, 5) is 11.8. The van der Waals surface area contributed by atoms with Crippen molar-refractivity contribution in [1.29, 1.82) is 0 Å². The molecule has 0 aliphatic heterocycles. The quantitative estimate of drug-likeness (QED) is 0.869. The minimum Gasteiger partial charge on any atom is -0.497 e. The Balaban J connectivity index is 1.71. The van der Waals surface area contributed by atoms with Crippen LogP contribution in [0, 0.1) is 29.1 Å². The Morgan fingerprint density at radius 2 is 2.08 bits per heavy atom. The van der Waals surface area contributed by atoms with Gasteiger partial charge in [0.2, 0.25) is 0 Å². The average Bonchev–Trinajstić information content (AvgIpc) is 2.91. The Hall–Kier alpha value is -1.51. The molecule has 0 spiro atoms. The van der Waals surface area contributed by atoms with Gasteiger partial charge in [-0.05, 0) is 84.5 Å². The van der Waals surface area contributed by atoms with Gasteiger partial charge in [-0.15, -0.1) is 0 Å². The van der Waals surface area contributed by atoms with Crippen LogP contribution in [0.25, 0.3) is 0 Å². The number of methoxy groups -OCH3 is 1. The average molecular weight is 328 g/mol. The van der Waals surface area contributed by atoms with Gasteiger partial charge in [0.05, 0.1) is 13.0 Å². The van der Waals surface area contributed by atoms with Gasteiger partial charge in [0.1, 0.15) is 5.75 Å². The molecule has 0 saturated heterocycles. The first kappa shape index (κ1) is 16.0. The smallest absolute Gasteiger partial charge is 0.307 e. The zero-order chi connectivity index (χ0) is 17.1. The van der Waals surface area contributed by atoms with E-state index in [1.54, 1.807) is 7.11 Å². The van der Waals surface area contributed by atoms with Gasteiger partial charge in [-0.3, -0.25) is 4.79 Å². The number of hydrogen-bond acceptors (Lipinski definition) is 2. The monoisotopic (exact) mass is 328 g/mol. The van der Waals surface area contributed by atoms with Crippen molar-refractivity contribution in [3.8, 4) is 5.75 Å². The van der Waals surface area contributed by atoms with Crippen LogP contribution in [0.4, 0.5) is 0 Å². The third-order valence-electron chi connectivity index (χ3n) is 7.58. The molecular weight excluding hydrogens is 300 g/mol. The summed E-state index contributed by atoms with van der Waals surface area (Å²) < 4.78 is 5.41. The number of ether oxygens (including phenoxy) is 1. The molecule has 0 aromatic heterocycles. The Bertz CT molecular complexity index is 667. The maximum atomic E-state index is 11.8. The van der Waals surface area contributed by atoms with Crippen molar-refractivity contribution in [2.45, 2.75) is 51.9 Å². The Morgan fingerprint density at radius 3 is 2.79 bits per heavy atom. The van der Waals surface area contributed by atoms with Gasteiger partial charge in [0, 0.05) is 0 Å². The van der Waals surface area contributed by atoms with E-state index in [4.69, 9.17) is 4.74 Å². The highest BCUT2D eigenvalue weighted by molar-refractivity contribution is 5.71. The van der Waals surface area contributed by atoms with E-state index >= 15 is 0 Å². The summed E-state index contributed by atoms with van der Waals surface area (Å²) in [6.07, 6.45) is 5.23. The Kier molecular flexibility index (Phi) is 3.67. The van der Waals surface area contributed by atoms with E-state index in [2.05, 4.69) is 32.0 Å². The molecule has 1 aromatic rings. The summed E-state index contributed by atoms with van der Waals surface area (Å²) in [6.45, 7) is 4.63.